The number of carbonyl (C=O) groups excluding carboxylic acids is 1. The molecule has 1 aliphatic rings. The molecule has 0 bridgehead atoms. The summed E-state index contributed by atoms with van der Waals surface area (Å²) in [6.45, 7) is 0.716. The third kappa shape index (κ3) is 3.23. The Bertz CT molecular complexity index is 988. The van der Waals surface area contributed by atoms with E-state index in [0.717, 1.165) is 19.3 Å². The molecule has 26 heavy (non-hydrogen) atoms. The lowest BCUT2D eigenvalue weighted by Gasteiger charge is -2.22. The summed E-state index contributed by atoms with van der Waals surface area (Å²) in [4.78, 5) is 31.0. The first kappa shape index (κ1) is 16.5. The Kier molecular flexibility index (Phi) is 4.49. The fourth-order valence-corrected chi connectivity index (χ4v) is 3.17. The second-order valence-corrected chi connectivity index (χ2v) is 6.28. The van der Waals surface area contributed by atoms with Crippen molar-refractivity contribution in [3.05, 3.63) is 47.1 Å². The number of amides is 1. The van der Waals surface area contributed by atoms with Crippen LogP contribution in [-0.2, 0) is 9.53 Å². The summed E-state index contributed by atoms with van der Waals surface area (Å²) in [6, 6.07) is 7.30. The Balaban J connectivity index is 1.61. The van der Waals surface area contributed by atoms with Gasteiger partial charge < -0.3 is 15.0 Å². The summed E-state index contributed by atoms with van der Waals surface area (Å²) < 4.78 is 7.19. The maximum absolute atomic E-state index is 12.4. The van der Waals surface area contributed by atoms with Crippen molar-refractivity contribution in [3.8, 4) is 5.69 Å². The molecule has 1 aliphatic heterocycles. The summed E-state index contributed by atoms with van der Waals surface area (Å²) in [5, 5.41) is 7.59. The monoisotopic (exact) mass is 353 g/mol. The predicted octanol–water partition coefficient (Wildman–Crippen LogP) is 2.01. The van der Waals surface area contributed by atoms with Gasteiger partial charge in [-0.25, -0.2) is 9.67 Å². The molecule has 1 unspecified atom stereocenters. The maximum Gasteiger partial charge on any atom is 0.261 e. The molecule has 0 aliphatic carbocycles. The van der Waals surface area contributed by atoms with Gasteiger partial charge in [0.15, 0.2) is 5.65 Å². The van der Waals surface area contributed by atoms with Crippen LogP contribution in [0.3, 0.4) is 0 Å². The highest BCUT2D eigenvalue weighted by Gasteiger charge is 2.19. The second-order valence-electron chi connectivity index (χ2n) is 6.28. The molecular formula is C18H19N5O3. The SMILES string of the molecule is O=C(CC1CCCCO1)Nc1ccccc1-n1ncc2c(=O)[nH]cnc21. The second kappa shape index (κ2) is 7.09. The van der Waals surface area contributed by atoms with E-state index in [2.05, 4.69) is 20.4 Å². The van der Waals surface area contributed by atoms with Crippen LogP contribution >= 0.6 is 0 Å². The van der Waals surface area contributed by atoms with E-state index < -0.39 is 0 Å². The molecule has 0 saturated carbocycles. The minimum atomic E-state index is -0.253. The lowest BCUT2D eigenvalue weighted by molar-refractivity contribution is -0.119. The average molecular weight is 353 g/mol. The third-order valence-corrected chi connectivity index (χ3v) is 4.46. The van der Waals surface area contributed by atoms with Gasteiger partial charge in [-0.3, -0.25) is 9.59 Å². The van der Waals surface area contributed by atoms with Crippen molar-refractivity contribution in [3.63, 3.8) is 0 Å². The molecule has 8 nitrogen and oxygen atoms in total. The molecule has 0 spiro atoms. The zero-order chi connectivity index (χ0) is 17.9. The number of benzene rings is 1. The first-order valence-electron chi connectivity index (χ1n) is 8.64. The number of para-hydroxylation sites is 2. The van der Waals surface area contributed by atoms with Crippen LogP contribution in [0.2, 0.25) is 0 Å². The van der Waals surface area contributed by atoms with Gasteiger partial charge in [-0.1, -0.05) is 12.1 Å². The molecule has 1 saturated heterocycles. The van der Waals surface area contributed by atoms with Crippen LogP contribution in [0, 0.1) is 0 Å². The van der Waals surface area contributed by atoms with Gasteiger partial charge in [0.1, 0.15) is 5.39 Å². The number of fused-ring (bicyclic) bond motifs is 1. The molecule has 2 aromatic heterocycles. The highest BCUT2D eigenvalue weighted by atomic mass is 16.5. The molecular weight excluding hydrogens is 334 g/mol. The van der Waals surface area contributed by atoms with Crippen molar-refractivity contribution < 1.29 is 9.53 Å². The minimum Gasteiger partial charge on any atom is -0.378 e. The van der Waals surface area contributed by atoms with Crippen molar-refractivity contribution in [2.45, 2.75) is 31.8 Å². The molecule has 1 fully saturated rings. The van der Waals surface area contributed by atoms with Gasteiger partial charge >= 0.3 is 0 Å². The molecule has 8 heteroatoms. The Morgan fingerprint density at radius 2 is 2.23 bits per heavy atom. The first-order chi connectivity index (χ1) is 12.7. The van der Waals surface area contributed by atoms with Crippen LogP contribution in [-0.4, -0.2) is 38.4 Å². The summed E-state index contributed by atoms with van der Waals surface area (Å²) >= 11 is 0. The largest absolute Gasteiger partial charge is 0.378 e. The number of aromatic amines is 1. The summed E-state index contributed by atoms with van der Waals surface area (Å²) in [6.07, 6.45) is 6.16. The number of nitrogens with one attached hydrogen (secondary N) is 2. The molecule has 134 valence electrons. The van der Waals surface area contributed by atoms with E-state index in [-0.39, 0.29) is 17.6 Å². The quantitative estimate of drug-likeness (QED) is 0.747. The molecule has 2 N–H and O–H groups in total. The number of carbonyl (C=O) groups is 1. The van der Waals surface area contributed by atoms with Gasteiger partial charge in [0.05, 0.1) is 36.4 Å². The van der Waals surface area contributed by atoms with Crippen molar-refractivity contribution in [1.82, 2.24) is 19.7 Å². The predicted molar refractivity (Wildman–Crippen MR) is 96.3 cm³/mol. The molecule has 1 aromatic carbocycles. The van der Waals surface area contributed by atoms with Crippen LogP contribution in [0.5, 0.6) is 0 Å². The fraction of sp³-hybridized carbons (Fsp3) is 0.333. The number of aromatic nitrogens is 4. The van der Waals surface area contributed by atoms with E-state index in [1.54, 1.807) is 10.7 Å². The van der Waals surface area contributed by atoms with E-state index in [0.29, 0.717) is 35.4 Å². The van der Waals surface area contributed by atoms with E-state index in [1.165, 1.54) is 12.5 Å². The first-order valence-corrected chi connectivity index (χ1v) is 8.64. The van der Waals surface area contributed by atoms with Crippen LogP contribution < -0.4 is 10.9 Å². The van der Waals surface area contributed by atoms with E-state index >= 15 is 0 Å². The molecule has 1 amide bonds. The summed E-state index contributed by atoms with van der Waals surface area (Å²) in [7, 11) is 0. The minimum absolute atomic E-state index is 0.0262. The summed E-state index contributed by atoms with van der Waals surface area (Å²) in [5.74, 6) is -0.105. The average Bonchev–Trinajstić information content (AvgIpc) is 3.08. The number of anilines is 1. The lowest BCUT2D eigenvalue weighted by atomic mass is 10.1. The van der Waals surface area contributed by atoms with Crippen molar-refractivity contribution >= 4 is 22.6 Å². The number of H-pyrrole nitrogens is 1. The van der Waals surface area contributed by atoms with E-state index in [1.807, 2.05) is 18.2 Å². The van der Waals surface area contributed by atoms with Gasteiger partial charge in [0.2, 0.25) is 5.91 Å². The molecule has 3 heterocycles. The summed E-state index contributed by atoms with van der Waals surface area (Å²) in [5.41, 5.74) is 1.45. The van der Waals surface area contributed by atoms with Gasteiger partial charge in [-0.05, 0) is 31.4 Å². The molecule has 4 rings (SSSR count). The number of ether oxygens (including phenoxy) is 1. The Morgan fingerprint density at radius 1 is 1.35 bits per heavy atom. The lowest BCUT2D eigenvalue weighted by Crippen LogP contribution is -2.26. The van der Waals surface area contributed by atoms with Gasteiger partial charge in [0, 0.05) is 6.61 Å². The molecule has 0 radical (unpaired) electrons. The highest BCUT2D eigenvalue weighted by molar-refractivity contribution is 5.93. The van der Waals surface area contributed by atoms with Crippen molar-refractivity contribution in [1.29, 1.82) is 0 Å². The zero-order valence-electron chi connectivity index (χ0n) is 14.1. The van der Waals surface area contributed by atoms with E-state index in [4.69, 9.17) is 4.74 Å². The van der Waals surface area contributed by atoms with Gasteiger partial charge in [-0.15, -0.1) is 0 Å². The van der Waals surface area contributed by atoms with Gasteiger partial charge in [0.25, 0.3) is 5.56 Å². The molecule has 3 aromatic rings. The van der Waals surface area contributed by atoms with Crippen molar-refractivity contribution in [2.75, 3.05) is 11.9 Å². The molecule has 1 atom stereocenters. The zero-order valence-corrected chi connectivity index (χ0v) is 14.1. The van der Waals surface area contributed by atoms with Crippen LogP contribution in [0.15, 0.2) is 41.6 Å². The standard InChI is InChI=1S/C18H19N5O3/c24-16(9-12-5-3-4-8-26-12)22-14-6-1-2-7-15(14)23-17-13(10-21-23)18(25)20-11-19-17/h1-2,6-7,10-12H,3-5,8-9H2,(H,22,24)(H,19,20,25). The maximum atomic E-state index is 12.4. The van der Waals surface area contributed by atoms with Crippen LogP contribution in [0.1, 0.15) is 25.7 Å². The topological polar surface area (TPSA) is 102 Å². The Labute approximate surface area is 149 Å². The number of hydrogen-bond donors (Lipinski definition) is 2. The van der Waals surface area contributed by atoms with Gasteiger partial charge in [-0.2, -0.15) is 5.10 Å². The van der Waals surface area contributed by atoms with E-state index in [9.17, 15) is 9.59 Å². The third-order valence-electron chi connectivity index (χ3n) is 4.46. The number of hydrogen-bond acceptors (Lipinski definition) is 5. The normalized spacial score (nSPS) is 17.3. The highest BCUT2D eigenvalue weighted by Crippen LogP contribution is 2.23. The van der Waals surface area contributed by atoms with Crippen LogP contribution in [0.25, 0.3) is 16.7 Å². The Morgan fingerprint density at radius 3 is 3.08 bits per heavy atom. The fourth-order valence-electron chi connectivity index (χ4n) is 3.17. The van der Waals surface area contributed by atoms with Crippen molar-refractivity contribution in [2.24, 2.45) is 0 Å². The smallest absolute Gasteiger partial charge is 0.261 e. The Hall–Kier alpha value is -3.00. The number of rotatable bonds is 4. The number of nitrogens with zero attached hydrogens (tertiary/aromatic N) is 3. The van der Waals surface area contributed by atoms with Crippen LogP contribution in [0.4, 0.5) is 5.69 Å².